The van der Waals surface area contributed by atoms with Crippen LogP contribution in [0.25, 0.3) is 0 Å². The summed E-state index contributed by atoms with van der Waals surface area (Å²) in [4.78, 5) is 4.28. The van der Waals surface area contributed by atoms with Crippen molar-refractivity contribution in [2.75, 3.05) is 26.3 Å². The highest BCUT2D eigenvalue weighted by molar-refractivity contribution is 5.83. The molecule has 2 aliphatic heterocycles. The molecule has 0 aromatic heterocycles. The van der Waals surface area contributed by atoms with Gasteiger partial charge in [-0.05, 0) is 6.42 Å². The first-order valence-electron chi connectivity index (χ1n) is 4.86. The largest absolute Gasteiger partial charge is 0.386 e. The fraction of sp³-hybridized carbons (Fsp3) is 0.889. The summed E-state index contributed by atoms with van der Waals surface area (Å²) in [7, 11) is 0. The van der Waals surface area contributed by atoms with Crippen molar-refractivity contribution in [1.29, 1.82) is 0 Å². The highest BCUT2D eigenvalue weighted by Crippen LogP contribution is 2.17. The van der Waals surface area contributed by atoms with Gasteiger partial charge in [0.25, 0.3) is 0 Å². The second-order valence-corrected chi connectivity index (χ2v) is 3.81. The van der Waals surface area contributed by atoms with E-state index in [4.69, 9.17) is 4.74 Å². The number of nitrogens with one attached hydrogen (secondary N) is 1. The van der Waals surface area contributed by atoms with Gasteiger partial charge in [-0.2, -0.15) is 0 Å². The first kappa shape index (κ1) is 8.97. The molecule has 0 radical (unpaired) electrons. The van der Waals surface area contributed by atoms with E-state index in [2.05, 4.69) is 10.3 Å². The minimum Gasteiger partial charge on any atom is -0.386 e. The molecule has 2 N–H and O–H groups in total. The van der Waals surface area contributed by atoms with Gasteiger partial charge in [0.2, 0.25) is 0 Å². The molecule has 0 saturated carbocycles. The van der Waals surface area contributed by atoms with Crippen LogP contribution in [-0.2, 0) is 4.74 Å². The van der Waals surface area contributed by atoms with Gasteiger partial charge < -0.3 is 15.2 Å². The fourth-order valence-electron chi connectivity index (χ4n) is 1.69. The van der Waals surface area contributed by atoms with Crippen molar-refractivity contribution >= 4 is 5.84 Å². The molecule has 1 saturated heterocycles. The van der Waals surface area contributed by atoms with E-state index in [9.17, 15) is 5.11 Å². The Bertz CT molecular complexity index is 210. The molecular weight excluding hydrogens is 168 g/mol. The van der Waals surface area contributed by atoms with E-state index in [1.807, 2.05) is 0 Å². The van der Waals surface area contributed by atoms with Crippen LogP contribution in [0.1, 0.15) is 19.3 Å². The zero-order valence-corrected chi connectivity index (χ0v) is 7.75. The summed E-state index contributed by atoms with van der Waals surface area (Å²) in [5.41, 5.74) is -0.662. The van der Waals surface area contributed by atoms with E-state index < -0.39 is 5.60 Å². The second kappa shape index (κ2) is 3.64. The number of amidine groups is 1. The molecule has 0 aromatic rings. The van der Waals surface area contributed by atoms with Gasteiger partial charge in [0.15, 0.2) is 0 Å². The lowest BCUT2D eigenvalue weighted by Crippen LogP contribution is -2.42. The van der Waals surface area contributed by atoms with Crippen LogP contribution >= 0.6 is 0 Å². The second-order valence-electron chi connectivity index (χ2n) is 3.81. The Morgan fingerprint density at radius 1 is 1.62 bits per heavy atom. The molecule has 2 aliphatic rings. The lowest BCUT2D eigenvalue weighted by atomic mass is 10.0. The summed E-state index contributed by atoms with van der Waals surface area (Å²) < 4.78 is 5.15. The molecule has 4 nitrogen and oxygen atoms in total. The van der Waals surface area contributed by atoms with E-state index in [0.29, 0.717) is 19.8 Å². The molecule has 74 valence electrons. The quantitative estimate of drug-likeness (QED) is 0.631. The van der Waals surface area contributed by atoms with Gasteiger partial charge in [-0.25, -0.2) is 0 Å². The smallest absolute Gasteiger partial charge is 0.107 e. The van der Waals surface area contributed by atoms with E-state index in [0.717, 1.165) is 31.6 Å². The lowest BCUT2D eigenvalue weighted by molar-refractivity contribution is 0.0307. The Kier molecular flexibility index (Phi) is 2.51. The molecule has 0 amide bonds. The van der Waals surface area contributed by atoms with Crippen molar-refractivity contribution < 1.29 is 9.84 Å². The standard InChI is InChI=1S/C9H16N2O2/c12-9(3-5-13-7-9)6-11-8-2-1-4-10-8/h12H,1-7H2,(H,10,11). The number of aliphatic imine (C=N–C) groups is 1. The lowest BCUT2D eigenvalue weighted by Gasteiger charge is -2.21. The maximum absolute atomic E-state index is 9.91. The molecule has 1 unspecified atom stereocenters. The van der Waals surface area contributed by atoms with Gasteiger partial charge >= 0.3 is 0 Å². The number of hydrogen-bond acceptors (Lipinski definition) is 4. The van der Waals surface area contributed by atoms with Crippen LogP contribution in [0.3, 0.4) is 0 Å². The van der Waals surface area contributed by atoms with Crippen LogP contribution in [0.15, 0.2) is 4.99 Å². The molecule has 2 heterocycles. The average Bonchev–Trinajstić information content (AvgIpc) is 2.72. The monoisotopic (exact) mass is 184 g/mol. The Morgan fingerprint density at radius 3 is 3.15 bits per heavy atom. The van der Waals surface area contributed by atoms with Gasteiger partial charge in [0.05, 0.1) is 12.4 Å². The Balaban J connectivity index is 1.77. The van der Waals surface area contributed by atoms with Crippen LogP contribution in [0.2, 0.25) is 0 Å². The van der Waals surface area contributed by atoms with Gasteiger partial charge in [-0.15, -0.1) is 0 Å². The minimum atomic E-state index is -0.662. The van der Waals surface area contributed by atoms with E-state index >= 15 is 0 Å². The zero-order chi connectivity index (χ0) is 9.15. The van der Waals surface area contributed by atoms with Gasteiger partial charge in [0, 0.05) is 32.5 Å². The van der Waals surface area contributed by atoms with E-state index in [1.165, 1.54) is 0 Å². The van der Waals surface area contributed by atoms with Crippen LogP contribution in [-0.4, -0.2) is 42.8 Å². The number of rotatable bonds is 2. The van der Waals surface area contributed by atoms with Crippen LogP contribution in [0.5, 0.6) is 0 Å². The molecule has 13 heavy (non-hydrogen) atoms. The van der Waals surface area contributed by atoms with Crippen LogP contribution < -0.4 is 5.32 Å². The third-order valence-corrected chi connectivity index (χ3v) is 2.58. The summed E-state index contributed by atoms with van der Waals surface area (Å²) in [5.74, 6) is 1.04. The van der Waals surface area contributed by atoms with Crippen LogP contribution in [0, 0.1) is 0 Å². The van der Waals surface area contributed by atoms with Gasteiger partial charge in [-0.1, -0.05) is 0 Å². The molecule has 1 fully saturated rings. The first-order valence-corrected chi connectivity index (χ1v) is 4.86. The third-order valence-electron chi connectivity index (χ3n) is 2.58. The SMILES string of the molecule is OC1(CNC2=NCCC2)CCOC1. The third kappa shape index (κ3) is 2.19. The number of hydrogen-bond donors (Lipinski definition) is 2. The zero-order valence-electron chi connectivity index (χ0n) is 7.75. The Morgan fingerprint density at radius 2 is 2.54 bits per heavy atom. The maximum Gasteiger partial charge on any atom is 0.107 e. The van der Waals surface area contributed by atoms with Crippen molar-refractivity contribution in [1.82, 2.24) is 5.32 Å². The number of aliphatic hydroxyl groups is 1. The summed E-state index contributed by atoms with van der Waals surface area (Å²) in [6.07, 6.45) is 2.89. The summed E-state index contributed by atoms with van der Waals surface area (Å²) >= 11 is 0. The fourth-order valence-corrected chi connectivity index (χ4v) is 1.69. The van der Waals surface area contributed by atoms with Crippen molar-refractivity contribution in [3.8, 4) is 0 Å². The highest BCUT2D eigenvalue weighted by atomic mass is 16.5. The van der Waals surface area contributed by atoms with Crippen molar-refractivity contribution in [2.45, 2.75) is 24.9 Å². The number of ether oxygens (including phenoxy) is 1. The van der Waals surface area contributed by atoms with E-state index in [-0.39, 0.29) is 0 Å². The van der Waals surface area contributed by atoms with Crippen molar-refractivity contribution in [3.05, 3.63) is 0 Å². The molecule has 0 bridgehead atoms. The van der Waals surface area contributed by atoms with E-state index in [1.54, 1.807) is 0 Å². The molecule has 2 rings (SSSR count). The Hall–Kier alpha value is -0.610. The van der Waals surface area contributed by atoms with Crippen LogP contribution in [0.4, 0.5) is 0 Å². The summed E-state index contributed by atoms with van der Waals surface area (Å²) in [6, 6.07) is 0. The number of nitrogens with zero attached hydrogens (tertiary/aromatic N) is 1. The molecule has 0 aromatic carbocycles. The van der Waals surface area contributed by atoms with Gasteiger partial charge in [-0.3, -0.25) is 4.99 Å². The summed E-state index contributed by atoms with van der Waals surface area (Å²) in [5, 5.41) is 13.1. The Labute approximate surface area is 78.0 Å². The predicted octanol–water partition coefficient (Wildman–Crippen LogP) is -0.0803. The average molecular weight is 184 g/mol. The molecular formula is C9H16N2O2. The maximum atomic E-state index is 9.91. The molecule has 0 spiro atoms. The molecule has 1 atom stereocenters. The molecule has 4 heteroatoms. The molecule has 0 aliphatic carbocycles. The minimum absolute atomic E-state index is 0.452. The first-order chi connectivity index (χ1) is 6.29. The normalized spacial score (nSPS) is 33.5. The van der Waals surface area contributed by atoms with Gasteiger partial charge in [0.1, 0.15) is 5.60 Å². The predicted molar refractivity (Wildman–Crippen MR) is 49.9 cm³/mol. The van der Waals surface area contributed by atoms with Crippen molar-refractivity contribution in [2.24, 2.45) is 4.99 Å². The summed E-state index contributed by atoms with van der Waals surface area (Å²) in [6.45, 7) is 2.63. The van der Waals surface area contributed by atoms with Crippen molar-refractivity contribution in [3.63, 3.8) is 0 Å². The topological polar surface area (TPSA) is 53.8 Å². The highest BCUT2D eigenvalue weighted by Gasteiger charge is 2.32.